The van der Waals surface area contributed by atoms with Crippen molar-refractivity contribution in [1.29, 1.82) is 0 Å². The second-order valence-electron chi connectivity index (χ2n) is 6.13. The summed E-state index contributed by atoms with van der Waals surface area (Å²) in [6.07, 6.45) is 0. The first-order chi connectivity index (χ1) is 13.0. The normalized spacial score (nSPS) is 14.1. The lowest BCUT2D eigenvalue weighted by atomic mass is 10.2. The number of benzene rings is 2. The molecule has 0 bridgehead atoms. The van der Waals surface area contributed by atoms with Crippen LogP contribution in [0.3, 0.4) is 0 Å². The van der Waals surface area contributed by atoms with Gasteiger partial charge in [0.15, 0.2) is 6.61 Å². The van der Waals surface area contributed by atoms with Gasteiger partial charge in [0.25, 0.3) is 5.91 Å². The fourth-order valence-corrected chi connectivity index (χ4v) is 3.00. The summed E-state index contributed by atoms with van der Waals surface area (Å²) in [6.45, 7) is 1.51. The number of para-hydroxylation sites is 1. The second kappa shape index (κ2) is 8.26. The molecule has 8 heteroatoms. The fraction of sp³-hybridized carbons (Fsp3) is 0.263. The molecule has 1 aliphatic rings. The third-order valence-electron chi connectivity index (χ3n) is 4.38. The molecule has 2 aromatic carbocycles. The summed E-state index contributed by atoms with van der Waals surface area (Å²) in [4.78, 5) is 27.8. The number of nitrogen functional groups attached to an aromatic ring is 1. The van der Waals surface area contributed by atoms with E-state index in [4.69, 9.17) is 22.1 Å². The highest BCUT2D eigenvalue weighted by atomic mass is 35.5. The number of nitrogens with zero attached hydrogens (tertiary/aromatic N) is 2. The van der Waals surface area contributed by atoms with E-state index in [9.17, 15) is 14.0 Å². The Kier molecular flexibility index (Phi) is 5.81. The fourth-order valence-electron chi connectivity index (χ4n) is 2.88. The maximum absolute atomic E-state index is 13.9. The molecular weight excluding hydrogens is 373 g/mol. The lowest BCUT2D eigenvalue weighted by molar-refractivity contribution is -0.134. The van der Waals surface area contributed by atoms with Crippen LogP contribution in [0.4, 0.5) is 15.8 Å². The van der Waals surface area contributed by atoms with Gasteiger partial charge < -0.3 is 20.3 Å². The van der Waals surface area contributed by atoms with Crippen molar-refractivity contribution in [3.05, 3.63) is 58.9 Å². The molecule has 0 unspecified atom stereocenters. The van der Waals surface area contributed by atoms with E-state index < -0.39 is 5.97 Å². The number of esters is 1. The van der Waals surface area contributed by atoms with Gasteiger partial charge in [0.1, 0.15) is 5.82 Å². The van der Waals surface area contributed by atoms with Gasteiger partial charge in [0.05, 0.1) is 22.0 Å². The Bertz CT molecular complexity index is 854. The van der Waals surface area contributed by atoms with E-state index in [-0.39, 0.29) is 29.6 Å². The molecule has 1 heterocycles. The molecular formula is C19H19ClFN3O3. The first-order valence-electron chi connectivity index (χ1n) is 8.45. The molecule has 0 atom stereocenters. The number of ether oxygens (including phenoxy) is 1. The van der Waals surface area contributed by atoms with Crippen LogP contribution in [-0.2, 0) is 9.53 Å². The molecule has 1 fully saturated rings. The number of carbonyl (C=O) groups is 2. The molecule has 1 saturated heterocycles. The molecule has 27 heavy (non-hydrogen) atoms. The maximum atomic E-state index is 13.9. The number of piperazine rings is 1. The number of anilines is 2. The Morgan fingerprint density at radius 3 is 2.48 bits per heavy atom. The lowest BCUT2D eigenvalue weighted by Crippen LogP contribution is -2.50. The average Bonchev–Trinajstić information content (AvgIpc) is 2.68. The van der Waals surface area contributed by atoms with E-state index in [2.05, 4.69) is 0 Å². The zero-order valence-corrected chi connectivity index (χ0v) is 15.3. The van der Waals surface area contributed by atoms with Crippen molar-refractivity contribution in [2.45, 2.75) is 0 Å². The van der Waals surface area contributed by atoms with Gasteiger partial charge in [0.2, 0.25) is 0 Å². The summed E-state index contributed by atoms with van der Waals surface area (Å²) in [6, 6.07) is 10.9. The lowest BCUT2D eigenvalue weighted by Gasteiger charge is -2.36. The summed E-state index contributed by atoms with van der Waals surface area (Å²) in [5.74, 6) is -1.22. The number of rotatable bonds is 4. The van der Waals surface area contributed by atoms with Crippen LogP contribution in [0.2, 0.25) is 5.02 Å². The van der Waals surface area contributed by atoms with Gasteiger partial charge in [-0.05, 0) is 30.3 Å². The van der Waals surface area contributed by atoms with E-state index in [1.807, 2.05) is 4.90 Å². The number of halogens is 2. The Hall–Kier alpha value is -2.80. The number of amides is 1. The average molecular weight is 392 g/mol. The van der Waals surface area contributed by atoms with E-state index in [1.165, 1.54) is 24.3 Å². The van der Waals surface area contributed by atoms with Crippen LogP contribution in [0.25, 0.3) is 0 Å². The highest BCUT2D eigenvalue weighted by molar-refractivity contribution is 6.33. The number of hydrogen-bond acceptors (Lipinski definition) is 5. The molecule has 2 aromatic rings. The zero-order chi connectivity index (χ0) is 19.4. The van der Waals surface area contributed by atoms with Gasteiger partial charge in [-0.2, -0.15) is 0 Å². The van der Waals surface area contributed by atoms with Crippen LogP contribution >= 0.6 is 11.6 Å². The SMILES string of the molecule is Nc1cc(C(=O)OCC(=O)N2CCN(c3ccccc3F)CC2)ccc1Cl. The molecule has 0 spiro atoms. The Balaban J connectivity index is 1.50. The van der Waals surface area contributed by atoms with Crippen molar-refractivity contribution in [1.82, 2.24) is 4.90 Å². The monoisotopic (exact) mass is 391 g/mol. The second-order valence-corrected chi connectivity index (χ2v) is 6.54. The van der Waals surface area contributed by atoms with Crippen molar-refractivity contribution in [2.75, 3.05) is 43.4 Å². The third kappa shape index (κ3) is 4.49. The van der Waals surface area contributed by atoms with Gasteiger partial charge in [0, 0.05) is 26.2 Å². The smallest absolute Gasteiger partial charge is 0.338 e. The first-order valence-corrected chi connectivity index (χ1v) is 8.83. The van der Waals surface area contributed by atoms with Crippen molar-refractivity contribution in [2.24, 2.45) is 0 Å². The summed E-state index contributed by atoms with van der Waals surface area (Å²) >= 11 is 5.81. The minimum atomic E-state index is -0.642. The van der Waals surface area contributed by atoms with Crippen LogP contribution in [0.1, 0.15) is 10.4 Å². The van der Waals surface area contributed by atoms with Crippen LogP contribution in [0.5, 0.6) is 0 Å². The van der Waals surface area contributed by atoms with Gasteiger partial charge in [-0.1, -0.05) is 23.7 Å². The number of nitrogens with two attached hydrogens (primary N) is 1. The van der Waals surface area contributed by atoms with E-state index >= 15 is 0 Å². The van der Waals surface area contributed by atoms with Gasteiger partial charge in [-0.15, -0.1) is 0 Å². The molecule has 1 aliphatic heterocycles. The van der Waals surface area contributed by atoms with Gasteiger partial charge in [-0.25, -0.2) is 9.18 Å². The topological polar surface area (TPSA) is 75.9 Å². The van der Waals surface area contributed by atoms with Crippen LogP contribution in [0.15, 0.2) is 42.5 Å². The molecule has 0 radical (unpaired) electrons. The van der Waals surface area contributed by atoms with Crippen LogP contribution < -0.4 is 10.6 Å². The molecule has 0 saturated carbocycles. The predicted molar refractivity (Wildman–Crippen MR) is 101 cm³/mol. The first kappa shape index (κ1) is 19.0. The summed E-state index contributed by atoms with van der Waals surface area (Å²) in [7, 11) is 0. The van der Waals surface area contributed by atoms with Crippen molar-refractivity contribution >= 4 is 34.9 Å². The Morgan fingerprint density at radius 2 is 1.81 bits per heavy atom. The van der Waals surface area contributed by atoms with Crippen molar-refractivity contribution in [3.8, 4) is 0 Å². The predicted octanol–water partition coefficient (Wildman–Crippen LogP) is 2.57. The molecule has 6 nitrogen and oxygen atoms in total. The quantitative estimate of drug-likeness (QED) is 0.640. The van der Waals surface area contributed by atoms with Crippen LogP contribution in [-0.4, -0.2) is 49.6 Å². The maximum Gasteiger partial charge on any atom is 0.338 e. The zero-order valence-electron chi connectivity index (χ0n) is 14.5. The Morgan fingerprint density at radius 1 is 1.11 bits per heavy atom. The molecule has 0 aliphatic carbocycles. The van der Waals surface area contributed by atoms with Gasteiger partial charge >= 0.3 is 5.97 Å². The molecule has 3 rings (SSSR count). The van der Waals surface area contributed by atoms with Gasteiger partial charge in [-0.3, -0.25) is 4.79 Å². The minimum Gasteiger partial charge on any atom is -0.452 e. The molecule has 142 valence electrons. The number of hydrogen-bond donors (Lipinski definition) is 1. The summed E-state index contributed by atoms with van der Waals surface area (Å²) in [5, 5.41) is 0.343. The van der Waals surface area contributed by atoms with E-state index in [0.717, 1.165) is 0 Å². The highest BCUT2D eigenvalue weighted by Crippen LogP contribution is 2.21. The third-order valence-corrected chi connectivity index (χ3v) is 4.73. The van der Waals surface area contributed by atoms with Crippen LogP contribution in [0, 0.1) is 5.82 Å². The van der Waals surface area contributed by atoms with E-state index in [1.54, 1.807) is 23.1 Å². The highest BCUT2D eigenvalue weighted by Gasteiger charge is 2.23. The Labute approximate surface area is 161 Å². The minimum absolute atomic E-state index is 0.231. The summed E-state index contributed by atoms with van der Waals surface area (Å²) in [5.41, 5.74) is 6.68. The summed E-state index contributed by atoms with van der Waals surface area (Å²) < 4.78 is 18.9. The standard InChI is InChI=1S/C19H19ClFN3O3/c20-14-6-5-13(11-16(14)22)19(26)27-12-18(25)24-9-7-23(8-10-24)17-4-2-1-3-15(17)21/h1-6,11H,7-10,12,22H2. The molecule has 0 aromatic heterocycles. The largest absolute Gasteiger partial charge is 0.452 e. The molecule has 2 N–H and O–H groups in total. The molecule has 1 amide bonds. The van der Waals surface area contributed by atoms with Crippen molar-refractivity contribution in [3.63, 3.8) is 0 Å². The van der Waals surface area contributed by atoms with E-state index in [0.29, 0.717) is 36.9 Å². The van der Waals surface area contributed by atoms with Crippen molar-refractivity contribution < 1.29 is 18.7 Å². The number of carbonyl (C=O) groups excluding carboxylic acids is 2.